The van der Waals surface area contributed by atoms with Gasteiger partial charge in [0.25, 0.3) is 0 Å². The van der Waals surface area contributed by atoms with E-state index in [2.05, 4.69) is 88.5 Å². The van der Waals surface area contributed by atoms with Gasteiger partial charge in [0.1, 0.15) is 0 Å². The molecule has 0 aromatic carbocycles. The minimum atomic E-state index is 0.192. The Hall–Kier alpha value is -2.42. The summed E-state index contributed by atoms with van der Waals surface area (Å²) in [5.41, 5.74) is 6.03. The first kappa shape index (κ1) is 21.8. The summed E-state index contributed by atoms with van der Waals surface area (Å²) in [6.45, 7) is 11.4. The molecule has 1 saturated heterocycles. The highest BCUT2D eigenvalue weighted by Crippen LogP contribution is 2.36. The molecule has 3 aliphatic rings. The van der Waals surface area contributed by atoms with Gasteiger partial charge in [-0.25, -0.2) is 4.98 Å². The molecule has 3 heteroatoms. The van der Waals surface area contributed by atoms with Gasteiger partial charge in [0.2, 0.25) is 0 Å². The molecular formula is C28H37N3. The van der Waals surface area contributed by atoms with Crippen molar-refractivity contribution in [3.05, 3.63) is 71.2 Å². The second-order valence-electron chi connectivity index (χ2n) is 9.98. The molecule has 2 aliphatic carbocycles. The van der Waals surface area contributed by atoms with Crippen LogP contribution in [0.2, 0.25) is 0 Å². The lowest BCUT2D eigenvalue weighted by molar-refractivity contribution is 0.383. The highest BCUT2D eigenvalue weighted by atomic mass is 14.9. The van der Waals surface area contributed by atoms with Crippen LogP contribution >= 0.6 is 0 Å². The van der Waals surface area contributed by atoms with Gasteiger partial charge < -0.3 is 5.32 Å². The third kappa shape index (κ3) is 4.76. The van der Waals surface area contributed by atoms with Crippen LogP contribution < -0.4 is 5.32 Å². The smallest absolute Gasteiger partial charge is 0.0815 e. The van der Waals surface area contributed by atoms with Crippen LogP contribution in [-0.2, 0) is 0 Å². The summed E-state index contributed by atoms with van der Waals surface area (Å²) in [6, 6.07) is 7.04. The normalized spacial score (nSPS) is 28.3. The standard InChI is InChI=1S/C28H37N3/c1-18(2)23-11-8-12-24(19(3)4)28(23)29-17-22-10-7-14-26(31-22)25-13-6-9-21-16-15-20(5)30-27(21)25/h6-8,10-14,17-21,23,28,30H,9,15-16H2,1-5H3. The Kier molecular flexibility index (Phi) is 6.60. The third-order valence-electron chi connectivity index (χ3n) is 6.93. The number of nitrogens with zero attached hydrogens (tertiary/aromatic N) is 2. The van der Waals surface area contributed by atoms with Crippen LogP contribution in [0, 0.1) is 23.7 Å². The summed E-state index contributed by atoms with van der Waals surface area (Å²) in [7, 11) is 0. The molecule has 2 heterocycles. The van der Waals surface area contributed by atoms with Crippen molar-refractivity contribution < 1.29 is 0 Å². The molecule has 0 saturated carbocycles. The molecular weight excluding hydrogens is 378 g/mol. The average Bonchev–Trinajstić information content (AvgIpc) is 2.77. The minimum absolute atomic E-state index is 0.192. The number of aromatic nitrogens is 1. The quantitative estimate of drug-likeness (QED) is 0.569. The largest absolute Gasteiger partial charge is 0.385 e. The first-order valence-corrected chi connectivity index (χ1v) is 12.0. The van der Waals surface area contributed by atoms with Crippen molar-refractivity contribution in [2.75, 3.05) is 0 Å². The van der Waals surface area contributed by atoms with E-state index in [0.717, 1.165) is 17.8 Å². The Bertz CT molecular complexity index is 945. The number of aliphatic imine (C=N–C) groups is 1. The molecule has 0 spiro atoms. The molecule has 4 rings (SSSR count). The SMILES string of the molecule is CC1CCC2CC=CC(c3cccc(C=NC4C(C(C)C)=CC=CC4C(C)C)n3)=C2N1. The summed E-state index contributed by atoms with van der Waals surface area (Å²) >= 11 is 0. The van der Waals surface area contributed by atoms with Gasteiger partial charge in [-0.05, 0) is 55.7 Å². The number of allylic oxidation sites excluding steroid dienone is 6. The lowest BCUT2D eigenvalue weighted by atomic mass is 9.78. The van der Waals surface area contributed by atoms with Crippen molar-refractivity contribution in [2.24, 2.45) is 28.7 Å². The second kappa shape index (κ2) is 9.38. The van der Waals surface area contributed by atoms with E-state index in [0.29, 0.717) is 29.7 Å². The van der Waals surface area contributed by atoms with Gasteiger partial charge in [0.15, 0.2) is 0 Å². The highest BCUT2D eigenvalue weighted by Gasteiger charge is 2.29. The maximum atomic E-state index is 5.08. The molecule has 1 aliphatic heterocycles. The fourth-order valence-electron chi connectivity index (χ4n) is 5.10. The number of nitrogens with one attached hydrogen (secondary N) is 1. The fraction of sp³-hybridized carbons (Fsp3) is 0.500. The van der Waals surface area contributed by atoms with Crippen molar-refractivity contribution in [1.82, 2.24) is 10.3 Å². The molecule has 31 heavy (non-hydrogen) atoms. The van der Waals surface area contributed by atoms with Crippen molar-refractivity contribution in [3.63, 3.8) is 0 Å². The maximum absolute atomic E-state index is 5.08. The number of fused-ring (bicyclic) bond motifs is 1. The van der Waals surface area contributed by atoms with Crippen molar-refractivity contribution in [1.29, 1.82) is 0 Å². The molecule has 1 N–H and O–H groups in total. The molecule has 1 aromatic heterocycles. The van der Waals surface area contributed by atoms with Crippen molar-refractivity contribution >= 4 is 11.8 Å². The topological polar surface area (TPSA) is 37.3 Å². The number of rotatable bonds is 5. The van der Waals surface area contributed by atoms with Gasteiger partial charge in [0.05, 0.1) is 17.4 Å². The molecule has 164 valence electrons. The summed E-state index contributed by atoms with van der Waals surface area (Å²) < 4.78 is 0. The van der Waals surface area contributed by atoms with E-state index < -0.39 is 0 Å². The molecule has 4 atom stereocenters. The molecule has 1 fully saturated rings. The summed E-state index contributed by atoms with van der Waals surface area (Å²) in [5.74, 6) is 2.08. The van der Waals surface area contributed by atoms with E-state index in [1.807, 2.05) is 6.21 Å². The monoisotopic (exact) mass is 415 g/mol. The van der Waals surface area contributed by atoms with Crippen LogP contribution in [0.4, 0.5) is 0 Å². The predicted molar refractivity (Wildman–Crippen MR) is 132 cm³/mol. The zero-order valence-electron chi connectivity index (χ0n) is 19.7. The number of hydrogen-bond acceptors (Lipinski definition) is 3. The summed E-state index contributed by atoms with van der Waals surface area (Å²) in [6.07, 6.45) is 17.0. The van der Waals surface area contributed by atoms with Crippen molar-refractivity contribution in [3.8, 4) is 0 Å². The van der Waals surface area contributed by atoms with Crippen LogP contribution in [0.3, 0.4) is 0 Å². The van der Waals surface area contributed by atoms with Gasteiger partial charge in [-0.1, -0.05) is 64.1 Å². The molecule has 1 aromatic rings. The van der Waals surface area contributed by atoms with E-state index in [1.54, 1.807) is 0 Å². The second-order valence-corrected chi connectivity index (χ2v) is 9.98. The first-order valence-electron chi connectivity index (χ1n) is 12.0. The Morgan fingerprint density at radius 2 is 2.00 bits per heavy atom. The number of hydrogen-bond donors (Lipinski definition) is 1. The Morgan fingerprint density at radius 3 is 2.77 bits per heavy atom. The van der Waals surface area contributed by atoms with Crippen LogP contribution in [-0.4, -0.2) is 23.3 Å². The minimum Gasteiger partial charge on any atom is -0.385 e. The molecule has 0 amide bonds. The zero-order chi connectivity index (χ0) is 22.0. The molecule has 0 radical (unpaired) electrons. The van der Waals surface area contributed by atoms with E-state index in [1.165, 1.54) is 29.7 Å². The van der Waals surface area contributed by atoms with Gasteiger partial charge in [-0.15, -0.1) is 0 Å². The molecule has 0 bridgehead atoms. The predicted octanol–water partition coefficient (Wildman–Crippen LogP) is 6.35. The summed E-state index contributed by atoms with van der Waals surface area (Å²) in [4.78, 5) is 10.1. The number of piperidine rings is 1. The Morgan fingerprint density at radius 1 is 1.16 bits per heavy atom. The molecule has 3 nitrogen and oxygen atoms in total. The van der Waals surface area contributed by atoms with Gasteiger partial charge in [-0.2, -0.15) is 0 Å². The van der Waals surface area contributed by atoms with Crippen molar-refractivity contribution in [2.45, 2.75) is 66.0 Å². The van der Waals surface area contributed by atoms with Crippen LogP contribution in [0.25, 0.3) is 5.57 Å². The van der Waals surface area contributed by atoms with Gasteiger partial charge in [0, 0.05) is 35.4 Å². The van der Waals surface area contributed by atoms with E-state index in [4.69, 9.17) is 9.98 Å². The third-order valence-corrected chi connectivity index (χ3v) is 6.93. The molecule has 4 unspecified atom stereocenters. The Balaban J connectivity index is 1.63. The lowest BCUT2D eigenvalue weighted by Gasteiger charge is -2.34. The maximum Gasteiger partial charge on any atom is 0.0815 e. The highest BCUT2D eigenvalue weighted by molar-refractivity contribution is 5.81. The van der Waals surface area contributed by atoms with Crippen LogP contribution in [0.5, 0.6) is 0 Å². The lowest BCUT2D eigenvalue weighted by Crippen LogP contribution is -2.36. The first-order chi connectivity index (χ1) is 14.9. The fourth-order valence-corrected chi connectivity index (χ4v) is 5.10. The van der Waals surface area contributed by atoms with E-state index >= 15 is 0 Å². The van der Waals surface area contributed by atoms with Crippen LogP contribution in [0.15, 0.2) is 64.8 Å². The average molecular weight is 416 g/mol. The van der Waals surface area contributed by atoms with E-state index in [-0.39, 0.29) is 6.04 Å². The van der Waals surface area contributed by atoms with E-state index in [9.17, 15) is 0 Å². The van der Waals surface area contributed by atoms with Crippen LogP contribution in [0.1, 0.15) is 65.3 Å². The Labute approximate surface area is 188 Å². The van der Waals surface area contributed by atoms with Gasteiger partial charge >= 0.3 is 0 Å². The zero-order valence-corrected chi connectivity index (χ0v) is 19.7. The summed E-state index contributed by atoms with van der Waals surface area (Å²) in [5, 5.41) is 3.75. The van der Waals surface area contributed by atoms with Gasteiger partial charge in [-0.3, -0.25) is 4.99 Å². The number of pyridine rings is 1.